The molecule has 200 valence electrons. The Morgan fingerprint density at radius 2 is 2.05 bits per heavy atom. The Morgan fingerprint density at radius 3 is 2.85 bits per heavy atom. The molecule has 0 atom stereocenters. The molecule has 0 unspecified atom stereocenters. The van der Waals surface area contributed by atoms with Crippen LogP contribution in [0, 0.1) is 0 Å². The van der Waals surface area contributed by atoms with Crippen molar-refractivity contribution in [1.29, 1.82) is 0 Å². The zero-order valence-corrected chi connectivity index (χ0v) is 21.9. The predicted molar refractivity (Wildman–Crippen MR) is 149 cm³/mol. The molecule has 1 fully saturated rings. The van der Waals surface area contributed by atoms with E-state index in [0.29, 0.717) is 28.7 Å². The van der Waals surface area contributed by atoms with Crippen molar-refractivity contribution in [3.63, 3.8) is 0 Å². The third-order valence-electron chi connectivity index (χ3n) is 6.69. The number of nitrogens with zero attached hydrogens (tertiary/aromatic N) is 8. The van der Waals surface area contributed by atoms with Crippen LogP contribution in [0.1, 0.15) is 32.7 Å². The van der Waals surface area contributed by atoms with Crippen LogP contribution >= 0.6 is 0 Å². The Kier molecular flexibility index (Phi) is 6.53. The maximum atomic E-state index is 13.3. The predicted octanol–water partition coefficient (Wildman–Crippen LogP) is 3.36. The topological polar surface area (TPSA) is 130 Å². The molecule has 6 rings (SSSR count). The van der Waals surface area contributed by atoms with Crippen molar-refractivity contribution in [2.45, 2.75) is 45.4 Å². The Balaban J connectivity index is 1.38. The average Bonchev–Trinajstić information content (AvgIpc) is 3.48. The largest absolute Gasteiger partial charge is 0.474 e. The first-order valence-electron chi connectivity index (χ1n) is 13.1. The van der Waals surface area contributed by atoms with Crippen molar-refractivity contribution in [2.75, 3.05) is 18.4 Å². The maximum absolute atomic E-state index is 13.3. The van der Waals surface area contributed by atoms with Gasteiger partial charge in [-0.3, -0.25) is 4.79 Å². The number of hydrogen-bond acceptors (Lipinski definition) is 9. The summed E-state index contributed by atoms with van der Waals surface area (Å²) in [5.41, 5.74) is 2.67. The molecule has 0 spiro atoms. The molecule has 0 amide bonds. The van der Waals surface area contributed by atoms with Gasteiger partial charge in [0, 0.05) is 24.0 Å². The van der Waals surface area contributed by atoms with E-state index < -0.39 is 0 Å². The molecule has 12 heteroatoms. The number of piperidine rings is 1. The highest BCUT2D eigenvalue weighted by molar-refractivity contribution is 5.81. The van der Waals surface area contributed by atoms with Crippen molar-refractivity contribution in [2.24, 2.45) is 0 Å². The standard InChI is InChI=1S/C27H30N10O2/c1-4-14-35-26(38)20-16-29-27(30-18-8-9-22-21(15-18)33-34-36(22)17(2)3)32-25(20)37(35)23-6-5-7-24(31-23)39-19-10-12-28-13-11-19/h4-9,15-17,19,28H,1,10-14H2,2-3H3,(H,29,30,32). The summed E-state index contributed by atoms with van der Waals surface area (Å²) in [6, 6.07) is 11.5. The summed E-state index contributed by atoms with van der Waals surface area (Å²) in [5.74, 6) is 1.37. The molecular formula is C27H30N10O2. The van der Waals surface area contributed by atoms with E-state index in [0.717, 1.165) is 42.7 Å². The van der Waals surface area contributed by atoms with Crippen molar-refractivity contribution in [1.82, 2.24) is 44.6 Å². The Bertz CT molecular complexity index is 1710. The lowest BCUT2D eigenvalue weighted by Gasteiger charge is -2.23. The number of anilines is 2. The van der Waals surface area contributed by atoms with E-state index in [1.165, 1.54) is 6.20 Å². The first-order chi connectivity index (χ1) is 19.0. The lowest BCUT2D eigenvalue weighted by atomic mass is 10.1. The molecule has 0 aliphatic carbocycles. The minimum atomic E-state index is -0.227. The molecule has 39 heavy (non-hydrogen) atoms. The third kappa shape index (κ3) is 4.74. The van der Waals surface area contributed by atoms with Gasteiger partial charge in [0.25, 0.3) is 5.56 Å². The van der Waals surface area contributed by atoms with Gasteiger partial charge >= 0.3 is 0 Å². The van der Waals surface area contributed by atoms with Gasteiger partial charge in [-0.25, -0.2) is 19.0 Å². The fourth-order valence-electron chi connectivity index (χ4n) is 4.81. The van der Waals surface area contributed by atoms with Gasteiger partial charge in [0.05, 0.1) is 12.1 Å². The molecule has 0 radical (unpaired) electrons. The second kappa shape index (κ2) is 10.3. The van der Waals surface area contributed by atoms with Crippen molar-refractivity contribution >= 4 is 33.7 Å². The fourth-order valence-corrected chi connectivity index (χ4v) is 4.81. The van der Waals surface area contributed by atoms with Crippen LogP contribution in [0.5, 0.6) is 5.88 Å². The van der Waals surface area contributed by atoms with Crippen LogP contribution in [0.25, 0.3) is 27.9 Å². The summed E-state index contributed by atoms with van der Waals surface area (Å²) < 4.78 is 11.3. The van der Waals surface area contributed by atoms with E-state index in [2.05, 4.69) is 46.4 Å². The molecule has 4 aromatic heterocycles. The minimum Gasteiger partial charge on any atom is -0.474 e. The Labute approximate surface area is 224 Å². The number of rotatable bonds is 8. The molecule has 1 saturated heterocycles. The fraction of sp³-hybridized carbons (Fsp3) is 0.333. The van der Waals surface area contributed by atoms with Crippen LogP contribution in [0.15, 0.2) is 60.0 Å². The Morgan fingerprint density at radius 1 is 1.21 bits per heavy atom. The van der Waals surface area contributed by atoms with Crippen molar-refractivity contribution in [3.8, 4) is 11.7 Å². The van der Waals surface area contributed by atoms with Gasteiger partial charge in [-0.1, -0.05) is 17.4 Å². The monoisotopic (exact) mass is 526 g/mol. The van der Waals surface area contributed by atoms with Crippen LogP contribution in [-0.2, 0) is 6.54 Å². The Hall–Kier alpha value is -4.58. The number of nitrogens with one attached hydrogen (secondary N) is 2. The first-order valence-corrected chi connectivity index (χ1v) is 13.1. The molecule has 5 aromatic rings. The van der Waals surface area contributed by atoms with E-state index in [4.69, 9.17) is 14.7 Å². The van der Waals surface area contributed by atoms with Gasteiger partial charge < -0.3 is 15.4 Å². The molecule has 1 aliphatic heterocycles. The van der Waals surface area contributed by atoms with Gasteiger partial charge in [0.15, 0.2) is 11.5 Å². The summed E-state index contributed by atoms with van der Waals surface area (Å²) in [6.07, 6.45) is 5.14. The smallest absolute Gasteiger partial charge is 0.278 e. The molecule has 0 saturated carbocycles. The molecule has 1 aliphatic rings. The highest BCUT2D eigenvalue weighted by Crippen LogP contribution is 2.23. The summed E-state index contributed by atoms with van der Waals surface area (Å²) in [4.78, 5) is 27.2. The summed E-state index contributed by atoms with van der Waals surface area (Å²) in [5, 5.41) is 15.5. The van der Waals surface area contributed by atoms with Crippen LogP contribution in [-0.4, -0.2) is 58.5 Å². The SMILES string of the molecule is C=CCn1c(=O)c2cnc(Nc3ccc4c(c3)nnn4C(C)C)nc2n1-c1cccc(OC2CCNCC2)n1. The molecular weight excluding hydrogens is 496 g/mol. The van der Waals surface area contributed by atoms with Crippen LogP contribution in [0.2, 0.25) is 0 Å². The van der Waals surface area contributed by atoms with Crippen molar-refractivity contribution in [3.05, 3.63) is 65.6 Å². The van der Waals surface area contributed by atoms with Gasteiger partial charge in [0.1, 0.15) is 17.0 Å². The highest BCUT2D eigenvalue weighted by Gasteiger charge is 2.20. The second-order valence-electron chi connectivity index (χ2n) is 9.78. The summed E-state index contributed by atoms with van der Waals surface area (Å²) >= 11 is 0. The molecule has 12 nitrogen and oxygen atoms in total. The van der Waals surface area contributed by atoms with Gasteiger partial charge in [0.2, 0.25) is 11.8 Å². The van der Waals surface area contributed by atoms with Gasteiger partial charge in [-0.15, -0.1) is 11.7 Å². The van der Waals surface area contributed by atoms with Gasteiger partial charge in [-0.05, 0) is 64.0 Å². The van der Waals surface area contributed by atoms with E-state index in [1.807, 2.05) is 41.1 Å². The lowest BCUT2D eigenvalue weighted by Crippen LogP contribution is -2.34. The number of ether oxygens (including phenoxy) is 1. The second-order valence-corrected chi connectivity index (χ2v) is 9.78. The average molecular weight is 527 g/mol. The minimum absolute atomic E-state index is 0.100. The van der Waals surface area contributed by atoms with Crippen LogP contribution < -0.4 is 20.9 Å². The number of hydrogen-bond donors (Lipinski definition) is 2. The zero-order chi connectivity index (χ0) is 26.9. The normalized spacial score (nSPS) is 14.3. The highest BCUT2D eigenvalue weighted by atomic mass is 16.5. The van der Waals surface area contributed by atoms with E-state index in [1.54, 1.807) is 15.4 Å². The maximum Gasteiger partial charge on any atom is 0.278 e. The van der Waals surface area contributed by atoms with E-state index in [-0.39, 0.29) is 24.2 Å². The van der Waals surface area contributed by atoms with Crippen LogP contribution in [0.4, 0.5) is 11.6 Å². The third-order valence-corrected chi connectivity index (χ3v) is 6.69. The molecule has 0 bridgehead atoms. The number of allylic oxidation sites excluding steroid dienone is 1. The molecule has 1 aromatic carbocycles. The van der Waals surface area contributed by atoms with Crippen LogP contribution in [0.3, 0.4) is 0 Å². The summed E-state index contributed by atoms with van der Waals surface area (Å²) in [6.45, 7) is 10.1. The zero-order valence-electron chi connectivity index (χ0n) is 21.9. The van der Waals surface area contributed by atoms with Gasteiger partial charge in [-0.2, -0.15) is 9.97 Å². The first kappa shape index (κ1) is 24.7. The quantitative estimate of drug-likeness (QED) is 0.292. The summed E-state index contributed by atoms with van der Waals surface area (Å²) in [7, 11) is 0. The van der Waals surface area contributed by atoms with E-state index in [9.17, 15) is 4.79 Å². The number of fused-ring (bicyclic) bond motifs is 2. The number of aromatic nitrogens is 8. The lowest BCUT2D eigenvalue weighted by molar-refractivity contribution is 0.156. The molecule has 5 heterocycles. The number of benzene rings is 1. The number of pyridine rings is 1. The van der Waals surface area contributed by atoms with E-state index >= 15 is 0 Å². The van der Waals surface area contributed by atoms with Crippen molar-refractivity contribution < 1.29 is 4.74 Å². The molecule has 2 N–H and O–H groups in total.